The van der Waals surface area contributed by atoms with Crippen molar-refractivity contribution >= 4 is 11.8 Å². The van der Waals surface area contributed by atoms with Gasteiger partial charge in [-0.25, -0.2) is 0 Å². The molecule has 0 saturated heterocycles. The number of hydrogen-bond donors (Lipinski definition) is 2. The maximum Gasteiger partial charge on any atom is 0.223 e. The van der Waals surface area contributed by atoms with Crippen molar-refractivity contribution in [2.45, 2.75) is 57.8 Å². The first-order valence-electron chi connectivity index (χ1n) is 9.76. The molecule has 0 heterocycles. The second kappa shape index (κ2) is 6.45. The summed E-state index contributed by atoms with van der Waals surface area (Å²) in [5.74, 6) is 4.01. The number of carbonyl (C=O) groups is 2. The van der Waals surface area contributed by atoms with E-state index < -0.39 is 0 Å². The Morgan fingerprint density at radius 2 is 1.17 bits per heavy atom. The van der Waals surface area contributed by atoms with Crippen LogP contribution in [0.15, 0.2) is 0 Å². The summed E-state index contributed by atoms with van der Waals surface area (Å²) in [6.45, 7) is 1.40. The van der Waals surface area contributed by atoms with E-state index in [1.54, 1.807) is 0 Å². The predicted molar refractivity (Wildman–Crippen MR) is 88.5 cm³/mol. The van der Waals surface area contributed by atoms with E-state index in [9.17, 15) is 9.59 Å². The Morgan fingerprint density at radius 1 is 0.696 bits per heavy atom. The molecular formula is C19H30N2O2. The number of nitrogens with one attached hydrogen (secondary N) is 2. The van der Waals surface area contributed by atoms with Gasteiger partial charge in [-0.05, 0) is 68.6 Å². The first-order chi connectivity index (χ1) is 11.2. The third-order valence-corrected chi connectivity index (χ3v) is 7.10. The molecule has 0 spiro atoms. The minimum atomic E-state index is 0.261. The van der Waals surface area contributed by atoms with Crippen molar-refractivity contribution in [3.05, 3.63) is 0 Å². The molecule has 0 aliphatic heterocycles. The van der Waals surface area contributed by atoms with Crippen molar-refractivity contribution < 1.29 is 9.59 Å². The van der Waals surface area contributed by atoms with Crippen LogP contribution in [-0.4, -0.2) is 24.9 Å². The highest BCUT2D eigenvalue weighted by atomic mass is 16.2. The van der Waals surface area contributed by atoms with Gasteiger partial charge in [0, 0.05) is 24.9 Å². The van der Waals surface area contributed by atoms with Gasteiger partial charge in [0.25, 0.3) is 0 Å². The molecule has 4 bridgehead atoms. The van der Waals surface area contributed by atoms with Crippen molar-refractivity contribution in [1.82, 2.24) is 10.6 Å². The minimum absolute atomic E-state index is 0.261. The van der Waals surface area contributed by atoms with Gasteiger partial charge in [0.05, 0.1) is 0 Å². The molecule has 0 radical (unpaired) electrons. The largest absolute Gasteiger partial charge is 0.356 e. The zero-order valence-corrected chi connectivity index (χ0v) is 14.1. The molecule has 4 aliphatic carbocycles. The highest BCUT2D eigenvalue weighted by Gasteiger charge is 2.43. The van der Waals surface area contributed by atoms with Gasteiger partial charge in [-0.2, -0.15) is 0 Å². The predicted octanol–water partition coefficient (Wildman–Crippen LogP) is 2.48. The normalized spacial score (nSPS) is 40.5. The van der Waals surface area contributed by atoms with Crippen molar-refractivity contribution in [3.63, 3.8) is 0 Å². The summed E-state index contributed by atoms with van der Waals surface area (Å²) in [5.41, 5.74) is 0. The molecule has 4 heteroatoms. The molecule has 0 aromatic heterocycles. The van der Waals surface area contributed by atoms with Gasteiger partial charge in [-0.15, -0.1) is 0 Å². The molecule has 2 amide bonds. The summed E-state index contributed by atoms with van der Waals surface area (Å²) < 4.78 is 0. The van der Waals surface area contributed by atoms with Crippen LogP contribution in [0, 0.1) is 35.5 Å². The molecule has 4 nitrogen and oxygen atoms in total. The lowest BCUT2D eigenvalue weighted by atomic mass is 9.88. The van der Waals surface area contributed by atoms with Crippen LogP contribution in [0.3, 0.4) is 0 Å². The first-order valence-corrected chi connectivity index (χ1v) is 9.76. The lowest BCUT2D eigenvalue weighted by molar-refractivity contribution is -0.126. The molecule has 4 fully saturated rings. The minimum Gasteiger partial charge on any atom is -0.356 e. The Hall–Kier alpha value is -1.06. The summed E-state index contributed by atoms with van der Waals surface area (Å²) in [7, 11) is 0. The van der Waals surface area contributed by atoms with Gasteiger partial charge >= 0.3 is 0 Å². The molecule has 6 atom stereocenters. The number of hydrogen-bond acceptors (Lipinski definition) is 2. The topological polar surface area (TPSA) is 58.2 Å². The molecule has 4 aliphatic rings. The quantitative estimate of drug-likeness (QED) is 0.739. The molecular weight excluding hydrogens is 288 g/mol. The van der Waals surface area contributed by atoms with E-state index in [4.69, 9.17) is 0 Å². The fourth-order valence-electron chi connectivity index (χ4n) is 5.91. The average molecular weight is 318 g/mol. The van der Waals surface area contributed by atoms with E-state index in [2.05, 4.69) is 10.6 Å². The van der Waals surface area contributed by atoms with Gasteiger partial charge in [0.15, 0.2) is 0 Å². The Bertz CT molecular complexity index is 436. The summed E-state index contributed by atoms with van der Waals surface area (Å²) in [6, 6.07) is 0. The van der Waals surface area contributed by atoms with E-state index in [0.717, 1.165) is 31.1 Å². The molecule has 4 saturated carbocycles. The maximum absolute atomic E-state index is 12.2. The highest BCUT2D eigenvalue weighted by Crippen LogP contribution is 2.49. The van der Waals surface area contributed by atoms with Gasteiger partial charge < -0.3 is 10.6 Å². The number of rotatable bonds is 6. The average Bonchev–Trinajstić information content (AvgIpc) is 3.33. The summed E-state index contributed by atoms with van der Waals surface area (Å²) in [6.07, 6.45) is 10.8. The van der Waals surface area contributed by atoms with E-state index in [1.165, 1.54) is 38.5 Å². The van der Waals surface area contributed by atoms with Gasteiger partial charge in [-0.3, -0.25) is 9.59 Å². The van der Waals surface area contributed by atoms with Crippen LogP contribution in [0.2, 0.25) is 0 Å². The van der Waals surface area contributed by atoms with Crippen molar-refractivity contribution in [2.24, 2.45) is 35.5 Å². The van der Waals surface area contributed by atoms with Crippen molar-refractivity contribution in [1.29, 1.82) is 0 Å². The van der Waals surface area contributed by atoms with Crippen molar-refractivity contribution in [3.8, 4) is 0 Å². The fourth-order valence-corrected chi connectivity index (χ4v) is 5.91. The van der Waals surface area contributed by atoms with E-state index in [1.807, 2.05) is 0 Å². The lowest BCUT2D eigenvalue weighted by Gasteiger charge is -2.21. The van der Waals surface area contributed by atoms with Crippen LogP contribution in [0.4, 0.5) is 0 Å². The number of fused-ring (bicyclic) bond motifs is 4. The van der Waals surface area contributed by atoms with E-state index in [-0.39, 0.29) is 23.7 Å². The third-order valence-electron chi connectivity index (χ3n) is 7.10. The monoisotopic (exact) mass is 318 g/mol. The SMILES string of the molecule is O=C(NCCCNC(=O)C1CC2CCC1C2)C1CC2CCC1C2. The molecule has 0 aromatic carbocycles. The van der Waals surface area contributed by atoms with Crippen LogP contribution in [-0.2, 0) is 9.59 Å². The Balaban J connectivity index is 1.10. The fraction of sp³-hybridized carbons (Fsp3) is 0.895. The number of carbonyl (C=O) groups excluding carboxylic acids is 2. The van der Waals surface area contributed by atoms with E-state index >= 15 is 0 Å². The molecule has 23 heavy (non-hydrogen) atoms. The maximum atomic E-state index is 12.2. The van der Waals surface area contributed by atoms with Crippen molar-refractivity contribution in [2.75, 3.05) is 13.1 Å². The summed E-state index contributed by atoms with van der Waals surface area (Å²) in [4.78, 5) is 24.5. The Labute approximate surface area is 139 Å². The summed E-state index contributed by atoms with van der Waals surface area (Å²) >= 11 is 0. The van der Waals surface area contributed by atoms with Crippen LogP contribution in [0.25, 0.3) is 0 Å². The van der Waals surface area contributed by atoms with Crippen LogP contribution < -0.4 is 10.6 Å². The molecule has 6 unspecified atom stereocenters. The lowest BCUT2D eigenvalue weighted by Crippen LogP contribution is -2.37. The molecule has 2 N–H and O–H groups in total. The van der Waals surface area contributed by atoms with Crippen LogP contribution >= 0.6 is 0 Å². The van der Waals surface area contributed by atoms with Crippen LogP contribution in [0.5, 0.6) is 0 Å². The van der Waals surface area contributed by atoms with Gasteiger partial charge in [-0.1, -0.05) is 12.8 Å². The van der Waals surface area contributed by atoms with Gasteiger partial charge in [0.1, 0.15) is 0 Å². The second-order valence-corrected chi connectivity index (χ2v) is 8.50. The summed E-state index contributed by atoms with van der Waals surface area (Å²) in [5, 5.41) is 6.18. The standard InChI is InChI=1S/C19H30N2O2/c22-18(16-10-12-2-4-14(16)8-12)20-6-1-7-21-19(23)17-11-13-3-5-15(17)9-13/h12-17H,1-11H2,(H,20,22)(H,21,23). The van der Waals surface area contributed by atoms with Gasteiger partial charge in [0.2, 0.25) is 11.8 Å². The van der Waals surface area contributed by atoms with E-state index in [0.29, 0.717) is 24.9 Å². The second-order valence-electron chi connectivity index (χ2n) is 8.50. The zero-order valence-electron chi connectivity index (χ0n) is 14.1. The molecule has 128 valence electrons. The Kier molecular flexibility index (Phi) is 4.33. The Morgan fingerprint density at radius 3 is 1.52 bits per heavy atom. The van der Waals surface area contributed by atoms with Crippen LogP contribution in [0.1, 0.15) is 57.8 Å². The highest BCUT2D eigenvalue weighted by molar-refractivity contribution is 5.80. The number of amides is 2. The zero-order chi connectivity index (χ0) is 15.8. The first kappa shape index (κ1) is 15.5. The smallest absolute Gasteiger partial charge is 0.223 e. The third kappa shape index (κ3) is 3.14. The molecule has 4 rings (SSSR count). The molecule has 0 aromatic rings.